The lowest BCUT2D eigenvalue weighted by molar-refractivity contribution is -0.140. The molecule has 0 N–H and O–H groups in total. The molecule has 0 spiro atoms. The molecule has 1 aliphatic carbocycles. The Kier molecular flexibility index (Phi) is 8.22. The third-order valence-electron chi connectivity index (χ3n) is 6.82. The molecule has 34 heavy (non-hydrogen) atoms. The van der Waals surface area contributed by atoms with E-state index in [1.54, 1.807) is 4.57 Å². The van der Waals surface area contributed by atoms with Crippen molar-refractivity contribution in [2.24, 2.45) is 5.92 Å². The smallest absolute Gasteiger partial charge is 0.328 e. The van der Waals surface area contributed by atoms with Crippen molar-refractivity contribution >= 4 is 17.6 Å². The van der Waals surface area contributed by atoms with E-state index >= 15 is 0 Å². The van der Waals surface area contributed by atoms with Gasteiger partial charge in [-0.1, -0.05) is 61.5 Å². The lowest BCUT2D eigenvalue weighted by atomic mass is 9.95. The van der Waals surface area contributed by atoms with Crippen LogP contribution in [-0.4, -0.2) is 27.2 Å². The predicted octanol–water partition coefficient (Wildman–Crippen LogP) is 5.22. The Hall–Kier alpha value is -2.86. The normalized spacial score (nSPS) is 14.9. The molecule has 2 aromatic heterocycles. The molecular weight excluding hydrogens is 450 g/mol. The number of nitrogens with zero attached hydrogens (tertiary/aromatic N) is 3. The van der Waals surface area contributed by atoms with Crippen LogP contribution in [0.3, 0.4) is 0 Å². The fourth-order valence-corrected chi connectivity index (χ4v) is 5.07. The number of methoxy groups -OCH3 is 1. The summed E-state index contributed by atoms with van der Waals surface area (Å²) in [6, 6.07) is 11.7. The van der Waals surface area contributed by atoms with Crippen LogP contribution in [0.15, 0.2) is 59.8 Å². The fourth-order valence-electron chi connectivity index (χ4n) is 4.88. The van der Waals surface area contributed by atoms with E-state index in [1.807, 2.05) is 59.6 Å². The van der Waals surface area contributed by atoms with Crippen LogP contribution in [0.25, 0.3) is 0 Å². The van der Waals surface area contributed by atoms with E-state index in [-0.39, 0.29) is 17.7 Å². The molecule has 0 bridgehead atoms. The number of hydrogen-bond acceptors (Lipinski definition) is 4. The second-order valence-electron chi connectivity index (χ2n) is 9.19. The van der Waals surface area contributed by atoms with E-state index < -0.39 is 0 Å². The molecule has 2 heterocycles. The predicted molar refractivity (Wildman–Crippen MR) is 133 cm³/mol. The highest BCUT2D eigenvalue weighted by Crippen LogP contribution is 2.33. The van der Waals surface area contributed by atoms with Gasteiger partial charge in [-0.2, -0.15) is 0 Å². The van der Waals surface area contributed by atoms with Crippen LogP contribution >= 0.6 is 11.6 Å². The molecule has 3 aromatic rings. The number of rotatable bonds is 10. The van der Waals surface area contributed by atoms with Crippen LogP contribution in [0.1, 0.15) is 61.4 Å². The summed E-state index contributed by atoms with van der Waals surface area (Å²) < 4.78 is 8.32. The van der Waals surface area contributed by atoms with Crippen LogP contribution < -0.4 is 5.69 Å². The van der Waals surface area contributed by atoms with Crippen molar-refractivity contribution in [1.82, 2.24) is 14.1 Å². The molecule has 0 amide bonds. The zero-order chi connectivity index (χ0) is 23.9. The Labute approximate surface area is 205 Å². The maximum Gasteiger partial charge on any atom is 0.328 e. The maximum atomic E-state index is 13.3. The highest BCUT2D eigenvalue weighted by atomic mass is 35.5. The summed E-state index contributed by atoms with van der Waals surface area (Å²) in [4.78, 5) is 29.4. The Morgan fingerprint density at radius 3 is 2.68 bits per heavy atom. The van der Waals surface area contributed by atoms with Gasteiger partial charge in [-0.3, -0.25) is 18.9 Å². The molecule has 6 nitrogen and oxygen atoms in total. The largest absolute Gasteiger partial charge is 0.469 e. The van der Waals surface area contributed by atoms with E-state index in [0.29, 0.717) is 36.7 Å². The second-order valence-corrected chi connectivity index (χ2v) is 9.59. The first kappa shape index (κ1) is 24.3. The number of esters is 1. The van der Waals surface area contributed by atoms with Crippen molar-refractivity contribution < 1.29 is 9.53 Å². The average Bonchev–Trinajstić information content (AvgIpc) is 3.49. The monoisotopic (exact) mass is 481 g/mol. The lowest BCUT2D eigenvalue weighted by Gasteiger charge is -2.21. The van der Waals surface area contributed by atoms with Gasteiger partial charge >= 0.3 is 11.7 Å². The van der Waals surface area contributed by atoms with Gasteiger partial charge in [0.2, 0.25) is 0 Å². The van der Waals surface area contributed by atoms with Gasteiger partial charge in [0.25, 0.3) is 0 Å². The van der Waals surface area contributed by atoms with Crippen molar-refractivity contribution in [3.05, 3.63) is 87.3 Å². The molecule has 1 atom stereocenters. The number of benzene rings is 1. The standard InChI is InChI=1S/C27H32ClN3O3/c1-34-26(32)13-11-21-10-12-23(29-18-21)17-24(16-20-6-2-3-7-20)31-15-14-30(27(31)33)19-22-8-4-5-9-25(22)28/h4-5,8-10,12,14-15,18,20,24H,2-3,6-7,11,13,16-17,19H2,1H3/t24-/m0/s1. The van der Waals surface area contributed by atoms with Gasteiger partial charge in [0.05, 0.1) is 13.7 Å². The minimum absolute atomic E-state index is 0.0161. The van der Waals surface area contributed by atoms with Gasteiger partial charge in [0, 0.05) is 48.2 Å². The van der Waals surface area contributed by atoms with Gasteiger partial charge in [0.15, 0.2) is 0 Å². The summed E-state index contributed by atoms with van der Waals surface area (Å²) in [7, 11) is 1.40. The minimum Gasteiger partial charge on any atom is -0.469 e. The second kappa shape index (κ2) is 11.5. The summed E-state index contributed by atoms with van der Waals surface area (Å²) >= 11 is 6.32. The molecule has 1 saturated carbocycles. The van der Waals surface area contributed by atoms with E-state index in [0.717, 1.165) is 23.2 Å². The van der Waals surface area contributed by atoms with E-state index in [2.05, 4.69) is 4.98 Å². The molecule has 7 heteroatoms. The molecule has 0 radical (unpaired) electrons. The summed E-state index contributed by atoms with van der Waals surface area (Å²) in [6.07, 6.45) is 13.2. The number of aromatic nitrogens is 3. The quantitative estimate of drug-likeness (QED) is 0.372. The van der Waals surface area contributed by atoms with E-state index in [9.17, 15) is 9.59 Å². The van der Waals surface area contributed by atoms with Crippen molar-refractivity contribution in [3.8, 4) is 0 Å². The molecule has 0 unspecified atom stereocenters. The molecule has 0 saturated heterocycles. The average molecular weight is 482 g/mol. The molecule has 1 aromatic carbocycles. The summed E-state index contributed by atoms with van der Waals surface area (Å²) in [5.74, 6) is 0.421. The van der Waals surface area contributed by atoms with Gasteiger partial charge in [-0.25, -0.2) is 4.79 Å². The molecule has 4 rings (SSSR count). The number of carbonyl (C=O) groups excluding carboxylic acids is 1. The van der Waals surface area contributed by atoms with Crippen LogP contribution in [-0.2, 0) is 28.9 Å². The van der Waals surface area contributed by atoms with Crippen LogP contribution in [0.2, 0.25) is 5.02 Å². The van der Waals surface area contributed by atoms with Crippen molar-refractivity contribution in [1.29, 1.82) is 0 Å². The topological polar surface area (TPSA) is 66.1 Å². The number of halogens is 1. The number of carbonyl (C=O) groups is 1. The third-order valence-corrected chi connectivity index (χ3v) is 7.19. The van der Waals surface area contributed by atoms with Crippen LogP contribution in [0.4, 0.5) is 0 Å². The highest BCUT2D eigenvalue weighted by molar-refractivity contribution is 6.31. The Balaban J connectivity index is 1.51. The van der Waals surface area contributed by atoms with Crippen LogP contribution in [0, 0.1) is 5.92 Å². The maximum absolute atomic E-state index is 13.3. The first-order chi connectivity index (χ1) is 16.5. The minimum atomic E-state index is -0.221. The van der Waals surface area contributed by atoms with Gasteiger partial charge in [-0.05, 0) is 42.0 Å². The summed E-state index contributed by atoms with van der Waals surface area (Å²) in [5.41, 5.74) is 2.87. The molecule has 0 aliphatic heterocycles. The Bertz CT molecular complexity index is 1150. The Morgan fingerprint density at radius 1 is 1.18 bits per heavy atom. The lowest BCUT2D eigenvalue weighted by Crippen LogP contribution is -2.29. The van der Waals surface area contributed by atoms with E-state index in [4.69, 9.17) is 16.3 Å². The summed E-state index contributed by atoms with van der Waals surface area (Å²) in [5, 5.41) is 0.668. The third kappa shape index (κ3) is 6.17. The number of pyridine rings is 1. The van der Waals surface area contributed by atoms with Crippen molar-refractivity contribution in [2.45, 2.75) is 64.0 Å². The number of hydrogen-bond donors (Lipinski definition) is 0. The first-order valence-corrected chi connectivity index (χ1v) is 12.4. The molecule has 180 valence electrons. The summed E-state index contributed by atoms with van der Waals surface area (Å²) in [6.45, 7) is 0.453. The van der Waals surface area contributed by atoms with Crippen molar-refractivity contribution in [3.63, 3.8) is 0 Å². The molecular formula is C27H32ClN3O3. The molecule has 1 aliphatic rings. The highest BCUT2D eigenvalue weighted by Gasteiger charge is 2.24. The number of aryl methyl sites for hydroxylation is 1. The van der Waals surface area contributed by atoms with Gasteiger partial charge in [0.1, 0.15) is 0 Å². The van der Waals surface area contributed by atoms with E-state index in [1.165, 1.54) is 32.8 Å². The fraction of sp³-hybridized carbons (Fsp3) is 0.444. The zero-order valence-electron chi connectivity index (χ0n) is 19.7. The SMILES string of the molecule is COC(=O)CCc1ccc(C[C@H](CC2CCCC2)n2ccn(Cc3ccccc3Cl)c2=O)nc1. The van der Waals surface area contributed by atoms with Crippen LogP contribution in [0.5, 0.6) is 0 Å². The Morgan fingerprint density at radius 2 is 1.97 bits per heavy atom. The van der Waals surface area contributed by atoms with Gasteiger partial charge in [-0.15, -0.1) is 0 Å². The number of ether oxygens (including phenoxy) is 1. The zero-order valence-corrected chi connectivity index (χ0v) is 20.4. The first-order valence-electron chi connectivity index (χ1n) is 12.0. The number of imidazole rings is 1. The molecule has 1 fully saturated rings. The van der Waals surface area contributed by atoms with Crippen molar-refractivity contribution in [2.75, 3.05) is 7.11 Å². The van der Waals surface area contributed by atoms with Gasteiger partial charge < -0.3 is 4.74 Å².